The van der Waals surface area contributed by atoms with Crippen LogP contribution in [0.1, 0.15) is 75.1 Å². The molecular weight excluding hydrogens is 546 g/mol. The number of benzene rings is 3. The average molecular weight is 592 g/mol. The predicted molar refractivity (Wildman–Crippen MR) is 170 cm³/mol. The molecule has 0 fully saturated rings. The monoisotopic (exact) mass is 591 g/mol. The van der Waals surface area contributed by atoms with Gasteiger partial charge in [-0.1, -0.05) is 93.8 Å². The van der Waals surface area contributed by atoms with Crippen molar-refractivity contribution in [2.24, 2.45) is 0 Å². The molecule has 3 rings (SSSR count). The quantitative estimate of drug-likeness (QED) is 0.222. The van der Waals surface area contributed by atoms with Crippen LogP contribution in [0.4, 0.5) is 5.69 Å². The Balaban J connectivity index is 2.05. The van der Waals surface area contributed by atoms with Gasteiger partial charge in [0.15, 0.2) is 0 Å². The zero-order valence-electron chi connectivity index (χ0n) is 25.8. The van der Waals surface area contributed by atoms with Crippen molar-refractivity contribution in [2.45, 2.75) is 84.2 Å². The predicted octanol–water partition coefficient (Wildman–Crippen LogP) is 6.35. The molecule has 0 spiro atoms. The van der Waals surface area contributed by atoms with Gasteiger partial charge in [0.05, 0.1) is 10.6 Å². The van der Waals surface area contributed by atoms with Crippen LogP contribution in [-0.4, -0.2) is 44.3 Å². The zero-order chi connectivity index (χ0) is 30.9. The number of carbonyl (C=O) groups excluding carboxylic acids is 2. The Morgan fingerprint density at radius 2 is 1.55 bits per heavy atom. The van der Waals surface area contributed by atoms with Crippen LogP contribution in [0.3, 0.4) is 0 Å². The Morgan fingerprint density at radius 3 is 2.12 bits per heavy atom. The molecule has 0 saturated carbocycles. The summed E-state index contributed by atoms with van der Waals surface area (Å²) in [6.45, 7) is 12.2. The summed E-state index contributed by atoms with van der Waals surface area (Å²) in [6, 6.07) is 20.9. The van der Waals surface area contributed by atoms with E-state index in [1.54, 1.807) is 36.4 Å². The van der Waals surface area contributed by atoms with E-state index in [1.807, 2.05) is 64.1 Å². The summed E-state index contributed by atoms with van der Waals surface area (Å²) >= 11 is 0. The first-order valence-electron chi connectivity index (χ1n) is 14.8. The van der Waals surface area contributed by atoms with Crippen LogP contribution in [0.15, 0.2) is 77.7 Å². The van der Waals surface area contributed by atoms with Crippen molar-refractivity contribution in [2.75, 3.05) is 17.4 Å². The van der Waals surface area contributed by atoms with Crippen LogP contribution >= 0.6 is 0 Å². The number of hydrogen-bond acceptors (Lipinski definition) is 4. The van der Waals surface area contributed by atoms with Gasteiger partial charge in [0.1, 0.15) is 12.6 Å². The molecule has 0 unspecified atom stereocenters. The third-order valence-corrected chi connectivity index (χ3v) is 9.17. The van der Waals surface area contributed by atoms with E-state index in [1.165, 1.54) is 4.90 Å². The first-order chi connectivity index (χ1) is 20.0. The molecular formula is C34H45N3O4S. The van der Waals surface area contributed by atoms with Gasteiger partial charge in [-0.05, 0) is 68.0 Å². The lowest BCUT2D eigenvalue weighted by Gasteiger charge is -2.33. The van der Waals surface area contributed by atoms with Crippen LogP contribution < -0.4 is 9.62 Å². The minimum Gasteiger partial charge on any atom is -0.354 e. The minimum atomic E-state index is -4.10. The van der Waals surface area contributed by atoms with Gasteiger partial charge in [-0.2, -0.15) is 0 Å². The second-order valence-electron chi connectivity index (χ2n) is 11.2. The molecule has 2 amide bonds. The molecule has 8 heteroatoms. The summed E-state index contributed by atoms with van der Waals surface area (Å²) in [5.74, 6) is -0.414. The fraction of sp³-hybridized carbons (Fsp3) is 0.412. The van der Waals surface area contributed by atoms with Crippen LogP contribution in [0, 0.1) is 13.8 Å². The maximum absolute atomic E-state index is 14.2. The highest BCUT2D eigenvalue weighted by molar-refractivity contribution is 7.92. The molecule has 1 atom stereocenters. The van der Waals surface area contributed by atoms with Crippen molar-refractivity contribution in [3.63, 3.8) is 0 Å². The van der Waals surface area contributed by atoms with Gasteiger partial charge >= 0.3 is 0 Å². The van der Waals surface area contributed by atoms with E-state index >= 15 is 0 Å². The van der Waals surface area contributed by atoms with E-state index < -0.39 is 28.5 Å². The lowest BCUT2D eigenvalue weighted by molar-refractivity contribution is -0.140. The Morgan fingerprint density at radius 1 is 0.881 bits per heavy atom. The molecule has 42 heavy (non-hydrogen) atoms. The number of hydrogen-bond donors (Lipinski definition) is 1. The second-order valence-corrected chi connectivity index (χ2v) is 13.0. The van der Waals surface area contributed by atoms with Gasteiger partial charge in [-0.25, -0.2) is 8.42 Å². The lowest BCUT2D eigenvalue weighted by Crippen LogP contribution is -2.52. The number of nitrogens with one attached hydrogen (secondary N) is 1. The van der Waals surface area contributed by atoms with Gasteiger partial charge in [0, 0.05) is 13.1 Å². The molecule has 0 aliphatic carbocycles. The Labute approximate surface area is 252 Å². The molecule has 226 valence electrons. The number of rotatable bonds is 14. The highest BCUT2D eigenvalue weighted by atomic mass is 32.2. The number of carbonyl (C=O) groups is 2. The summed E-state index contributed by atoms with van der Waals surface area (Å²) in [6.07, 6.45) is 2.16. The van der Waals surface area contributed by atoms with Crippen LogP contribution in [-0.2, 0) is 26.2 Å². The van der Waals surface area contributed by atoms with E-state index in [0.29, 0.717) is 18.7 Å². The van der Waals surface area contributed by atoms with Crippen molar-refractivity contribution in [1.82, 2.24) is 10.2 Å². The number of amides is 2. The van der Waals surface area contributed by atoms with Crippen molar-refractivity contribution in [3.05, 3.63) is 95.1 Å². The molecule has 0 aliphatic heterocycles. The summed E-state index contributed by atoms with van der Waals surface area (Å²) in [4.78, 5) is 29.1. The third-order valence-electron chi connectivity index (χ3n) is 7.39. The van der Waals surface area contributed by atoms with Crippen LogP contribution in [0.5, 0.6) is 0 Å². The number of aryl methyl sites for hydroxylation is 2. The fourth-order valence-corrected chi connectivity index (χ4v) is 6.24. The molecule has 0 radical (unpaired) electrons. The van der Waals surface area contributed by atoms with Gasteiger partial charge in [-0.15, -0.1) is 0 Å². The van der Waals surface area contributed by atoms with Crippen molar-refractivity contribution < 1.29 is 18.0 Å². The van der Waals surface area contributed by atoms with Crippen LogP contribution in [0.25, 0.3) is 0 Å². The van der Waals surface area contributed by atoms with E-state index in [-0.39, 0.29) is 23.3 Å². The number of nitrogens with zero attached hydrogens (tertiary/aromatic N) is 2. The minimum absolute atomic E-state index is 0.100. The molecule has 0 heterocycles. The molecule has 0 bridgehead atoms. The summed E-state index contributed by atoms with van der Waals surface area (Å²) in [5, 5.41) is 2.97. The van der Waals surface area contributed by atoms with Crippen LogP contribution in [0.2, 0.25) is 0 Å². The highest BCUT2D eigenvalue weighted by Gasteiger charge is 2.33. The number of sulfonamides is 1. The average Bonchev–Trinajstić information content (AvgIpc) is 2.96. The lowest BCUT2D eigenvalue weighted by atomic mass is 10.0. The van der Waals surface area contributed by atoms with Crippen molar-refractivity contribution in [3.8, 4) is 0 Å². The SMILES string of the molecule is CCCCNC(=O)[C@H](CC)N(Cc1cccc(C)c1)C(=O)CN(c1ccc(C(C)C)cc1)S(=O)(=O)c1ccc(C)cc1. The van der Waals surface area contributed by atoms with Gasteiger partial charge < -0.3 is 10.2 Å². The molecule has 3 aromatic carbocycles. The maximum Gasteiger partial charge on any atom is 0.264 e. The topological polar surface area (TPSA) is 86.8 Å². The normalized spacial score (nSPS) is 12.2. The molecule has 1 N–H and O–H groups in total. The number of anilines is 1. The summed E-state index contributed by atoms with van der Waals surface area (Å²) in [7, 11) is -4.10. The summed E-state index contributed by atoms with van der Waals surface area (Å²) < 4.78 is 29.3. The third kappa shape index (κ3) is 8.44. The Bertz CT molecular complexity index is 1430. The van der Waals surface area contributed by atoms with Crippen molar-refractivity contribution in [1.29, 1.82) is 0 Å². The van der Waals surface area contributed by atoms with E-state index in [0.717, 1.165) is 39.4 Å². The molecule has 0 aromatic heterocycles. The maximum atomic E-state index is 14.2. The van der Waals surface area contributed by atoms with E-state index in [9.17, 15) is 18.0 Å². The smallest absolute Gasteiger partial charge is 0.264 e. The molecule has 0 saturated heterocycles. The Kier molecular flexibility index (Phi) is 11.7. The molecule has 0 aliphatic rings. The highest BCUT2D eigenvalue weighted by Crippen LogP contribution is 2.27. The largest absolute Gasteiger partial charge is 0.354 e. The first kappa shape index (κ1) is 32.9. The Hall–Kier alpha value is -3.65. The van der Waals surface area contributed by atoms with Gasteiger partial charge in [-0.3, -0.25) is 13.9 Å². The second kappa shape index (κ2) is 15.0. The fourth-order valence-electron chi connectivity index (χ4n) is 4.82. The van der Waals surface area contributed by atoms with Crippen molar-refractivity contribution >= 4 is 27.5 Å². The van der Waals surface area contributed by atoms with Gasteiger partial charge in [0.25, 0.3) is 10.0 Å². The summed E-state index contributed by atoms with van der Waals surface area (Å²) in [5.41, 5.74) is 4.30. The standard InChI is InChI=1S/C34H45N3O4S/c1-7-9-21-35-34(39)32(8-2)36(23-28-12-10-11-27(6)22-28)33(38)24-37(30-17-15-29(16-18-30)25(3)4)42(40,41)31-19-13-26(5)14-20-31/h10-20,22,25,32H,7-9,21,23-24H2,1-6H3,(H,35,39)/t32-/m0/s1. The molecule has 7 nitrogen and oxygen atoms in total. The number of unbranched alkanes of at least 4 members (excludes halogenated alkanes) is 1. The van der Waals surface area contributed by atoms with Gasteiger partial charge in [0.2, 0.25) is 11.8 Å². The van der Waals surface area contributed by atoms with E-state index in [2.05, 4.69) is 19.2 Å². The molecule has 3 aromatic rings. The first-order valence-corrected chi connectivity index (χ1v) is 16.2. The van der Waals surface area contributed by atoms with E-state index in [4.69, 9.17) is 0 Å². The zero-order valence-corrected chi connectivity index (χ0v) is 26.6.